The molecule has 1 amide bonds. The summed E-state index contributed by atoms with van der Waals surface area (Å²) in [7, 11) is 1.66. The summed E-state index contributed by atoms with van der Waals surface area (Å²) in [5.41, 5.74) is 11.0. The van der Waals surface area contributed by atoms with E-state index in [0.29, 0.717) is 0 Å². The van der Waals surface area contributed by atoms with Crippen molar-refractivity contribution in [3.8, 4) is 5.75 Å². The van der Waals surface area contributed by atoms with Crippen molar-refractivity contribution in [2.75, 3.05) is 12.8 Å². The smallest absolute Gasteiger partial charge is 0.240 e. The summed E-state index contributed by atoms with van der Waals surface area (Å²) in [6.07, 6.45) is 1.94. The summed E-state index contributed by atoms with van der Waals surface area (Å²) in [5, 5.41) is 6.35. The maximum atomic E-state index is 12.2. The zero-order chi connectivity index (χ0) is 17.6. The number of ether oxygens (including phenoxy) is 1. The second-order valence-electron chi connectivity index (χ2n) is 6.63. The largest absolute Gasteiger partial charge is 0.497 e. The fourth-order valence-corrected chi connectivity index (χ4v) is 3.90. The Morgan fingerprint density at radius 3 is 2.68 bits per heavy atom. The van der Waals surface area contributed by atoms with Crippen LogP contribution in [0.25, 0.3) is 0 Å². The zero-order valence-electron chi connectivity index (χ0n) is 14.4. The van der Waals surface area contributed by atoms with Crippen LogP contribution in [0.15, 0.2) is 47.6 Å². The third kappa shape index (κ3) is 2.56. The molecule has 0 spiro atoms. The highest BCUT2D eigenvalue weighted by Crippen LogP contribution is 2.44. The molecule has 128 valence electrons. The number of amides is 1. The van der Waals surface area contributed by atoms with Crippen LogP contribution in [0.3, 0.4) is 0 Å². The Hall–Kier alpha value is -2.82. The van der Waals surface area contributed by atoms with E-state index in [0.717, 1.165) is 41.1 Å². The Morgan fingerprint density at radius 1 is 1.24 bits per heavy atom. The lowest BCUT2D eigenvalue weighted by Gasteiger charge is -2.29. The molecule has 0 saturated heterocycles. The molecular formula is C20H21N3O2. The van der Waals surface area contributed by atoms with Gasteiger partial charge in [-0.2, -0.15) is 5.10 Å². The highest BCUT2D eigenvalue weighted by Gasteiger charge is 2.43. The van der Waals surface area contributed by atoms with Crippen molar-refractivity contribution in [1.82, 2.24) is 5.01 Å². The molecule has 5 nitrogen and oxygen atoms in total. The third-order valence-electron chi connectivity index (χ3n) is 5.13. The average molecular weight is 335 g/mol. The molecule has 4 rings (SSSR count). The predicted octanol–water partition coefficient (Wildman–Crippen LogP) is 3.15. The van der Waals surface area contributed by atoms with Gasteiger partial charge in [0.1, 0.15) is 5.75 Å². The average Bonchev–Trinajstić information content (AvgIpc) is 3.02. The van der Waals surface area contributed by atoms with Crippen molar-refractivity contribution in [3.63, 3.8) is 0 Å². The van der Waals surface area contributed by atoms with Crippen molar-refractivity contribution < 1.29 is 9.53 Å². The molecule has 2 aliphatic rings. The lowest BCUT2D eigenvalue weighted by molar-refractivity contribution is -0.131. The van der Waals surface area contributed by atoms with Crippen LogP contribution in [-0.4, -0.2) is 23.7 Å². The molecule has 0 fully saturated rings. The number of hydrogen-bond donors (Lipinski definition) is 1. The number of nitrogen functional groups attached to an aromatic ring is 1. The van der Waals surface area contributed by atoms with Crippen LogP contribution >= 0.6 is 0 Å². The highest BCUT2D eigenvalue weighted by molar-refractivity contribution is 6.07. The number of aryl methyl sites for hydroxylation is 1. The van der Waals surface area contributed by atoms with Crippen LogP contribution in [0.5, 0.6) is 5.75 Å². The SMILES string of the molecule is COc1ccc2c(c1)C1=NN(C(C)=O)[C@@H](c3ccc(N)cc3)[C@@H]1CC2. The Bertz CT molecular complexity index is 858. The van der Waals surface area contributed by atoms with Crippen LogP contribution in [0, 0.1) is 5.92 Å². The Labute approximate surface area is 147 Å². The van der Waals surface area contributed by atoms with Gasteiger partial charge in [0.05, 0.1) is 18.9 Å². The molecular weight excluding hydrogens is 314 g/mol. The summed E-state index contributed by atoms with van der Waals surface area (Å²) >= 11 is 0. The number of hydrogen-bond acceptors (Lipinski definition) is 4. The number of hydrazone groups is 1. The molecule has 0 unspecified atom stereocenters. The van der Waals surface area contributed by atoms with Crippen LogP contribution < -0.4 is 10.5 Å². The molecule has 25 heavy (non-hydrogen) atoms. The highest BCUT2D eigenvalue weighted by atomic mass is 16.5. The standard InChI is InChI=1S/C20H21N3O2/c1-12(24)23-20(14-3-7-15(21)8-4-14)17-10-6-13-5-9-16(25-2)11-18(13)19(17)22-23/h3-5,7-9,11,17,20H,6,10,21H2,1-2H3/t17-,20+/m1/s1. The fourth-order valence-electron chi connectivity index (χ4n) is 3.90. The minimum absolute atomic E-state index is 0.0480. The van der Waals surface area contributed by atoms with E-state index in [1.807, 2.05) is 36.4 Å². The van der Waals surface area contributed by atoms with Gasteiger partial charge in [-0.1, -0.05) is 18.2 Å². The van der Waals surface area contributed by atoms with Crippen molar-refractivity contribution in [1.29, 1.82) is 0 Å². The van der Waals surface area contributed by atoms with Gasteiger partial charge in [-0.3, -0.25) is 4.79 Å². The van der Waals surface area contributed by atoms with Gasteiger partial charge < -0.3 is 10.5 Å². The van der Waals surface area contributed by atoms with E-state index in [9.17, 15) is 4.79 Å². The van der Waals surface area contributed by atoms with Crippen molar-refractivity contribution in [2.24, 2.45) is 11.0 Å². The number of fused-ring (bicyclic) bond motifs is 3. The molecule has 0 aromatic heterocycles. The quantitative estimate of drug-likeness (QED) is 0.857. The first-order valence-electron chi connectivity index (χ1n) is 8.49. The van der Waals surface area contributed by atoms with Gasteiger partial charge in [0.2, 0.25) is 5.91 Å². The number of carbonyl (C=O) groups is 1. The van der Waals surface area contributed by atoms with E-state index in [2.05, 4.69) is 6.07 Å². The molecule has 1 aliphatic carbocycles. The number of anilines is 1. The third-order valence-corrected chi connectivity index (χ3v) is 5.13. The first-order chi connectivity index (χ1) is 12.1. The summed E-state index contributed by atoms with van der Waals surface area (Å²) in [6.45, 7) is 1.57. The van der Waals surface area contributed by atoms with Gasteiger partial charge in [-0.15, -0.1) is 0 Å². The predicted molar refractivity (Wildman–Crippen MR) is 97.5 cm³/mol. The molecule has 0 radical (unpaired) electrons. The van der Waals surface area contributed by atoms with E-state index in [1.165, 1.54) is 5.56 Å². The van der Waals surface area contributed by atoms with E-state index in [4.69, 9.17) is 15.6 Å². The summed E-state index contributed by atoms with van der Waals surface area (Å²) in [6, 6.07) is 13.8. The number of rotatable bonds is 2. The molecule has 2 aromatic carbocycles. The van der Waals surface area contributed by atoms with Crippen molar-refractivity contribution in [3.05, 3.63) is 59.2 Å². The fraction of sp³-hybridized carbons (Fsp3) is 0.300. The summed E-state index contributed by atoms with van der Waals surface area (Å²) in [5.74, 6) is 0.952. The van der Waals surface area contributed by atoms with E-state index in [1.54, 1.807) is 19.0 Å². The normalized spacial score (nSPS) is 21.4. The monoisotopic (exact) mass is 335 g/mol. The first kappa shape index (κ1) is 15.7. The van der Waals surface area contributed by atoms with Gasteiger partial charge in [0.15, 0.2) is 0 Å². The lowest BCUT2D eigenvalue weighted by Crippen LogP contribution is -2.31. The summed E-state index contributed by atoms with van der Waals surface area (Å²) in [4.78, 5) is 12.2. The molecule has 1 heterocycles. The molecule has 0 bridgehead atoms. The maximum absolute atomic E-state index is 12.2. The minimum atomic E-state index is -0.0764. The number of nitrogens with zero attached hydrogens (tertiary/aromatic N) is 2. The van der Waals surface area contributed by atoms with Gasteiger partial charge in [-0.25, -0.2) is 5.01 Å². The second-order valence-corrected chi connectivity index (χ2v) is 6.63. The van der Waals surface area contributed by atoms with E-state index in [-0.39, 0.29) is 17.9 Å². The molecule has 1 aliphatic heterocycles. The number of nitrogens with two attached hydrogens (primary N) is 1. The topological polar surface area (TPSA) is 67.9 Å². The van der Waals surface area contributed by atoms with Gasteiger partial charge in [0, 0.05) is 24.1 Å². The summed E-state index contributed by atoms with van der Waals surface area (Å²) < 4.78 is 5.38. The maximum Gasteiger partial charge on any atom is 0.240 e. The second kappa shape index (κ2) is 5.92. The number of carbonyl (C=O) groups excluding carboxylic acids is 1. The molecule has 2 N–H and O–H groups in total. The van der Waals surface area contributed by atoms with Crippen molar-refractivity contribution in [2.45, 2.75) is 25.8 Å². The van der Waals surface area contributed by atoms with E-state index < -0.39 is 0 Å². The Balaban J connectivity index is 1.80. The van der Waals surface area contributed by atoms with Gasteiger partial charge >= 0.3 is 0 Å². The van der Waals surface area contributed by atoms with Crippen LogP contribution in [0.2, 0.25) is 0 Å². The van der Waals surface area contributed by atoms with Crippen LogP contribution in [0.1, 0.15) is 36.1 Å². The number of benzene rings is 2. The number of methoxy groups -OCH3 is 1. The van der Waals surface area contributed by atoms with Crippen molar-refractivity contribution >= 4 is 17.3 Å². The zero-order valence-corrected chi connectivity index (χ0v) is 14.4. The van der Waals surface area contributed by atoms with Crippen LogP contribution in [0.4, 0.5) is 5.69 Å². The molecule has 0 saturated carbocycles. The lowest BCUT2D eigenvalue weighted by atomic mass is 9.77. The van der Waals surface area contributed by atoms with Crippen LogP contribution in [-0.2, 0) is 11.2 Å². The minimum Gasteiger partial charge on any atom is -0.497 e. The molecule has 2 aromatic rings. The Kier molecular flexibility index (Phi) is 3.71. The first-order valence-corrected chi connectivity index (χ1v) is 8.49. The molecule has 2 atom stereocenters. The van der Waals surface area contributed by atoms with Gasteiger partial charge in [0.25, 0.3) is 0 Å². The van der Waals surface area contributed by atoms with E-state index >= 15 is 0 Å². The van der Waals surface area contributed by atoms with Gasteiger partial charge in [-0.05, 0) is 48.2 Å². The Morgan fingerprint density at radius 2 is 2.00 bits per heavy atom. The molecule has 5 heteroatoms.